The van der Waals surface area contributed by atoms with Gasteiger partial charge in [0.15, 0.2) is 0 Å². The molecular formula is C13H20N2O3S. The summed E-state index contributed by atoms with van der Waals surface area (Å²) in [6, 6.07) is 6.09. The minimum Gasteiger partial charge on any atom is -0.399 e. The van der Waals surface area contributed by atoms with E-state index < -0.39 is 10.0 Å². The fourth-order valence-corrected chi connectivity index (χ4v) is 3.65. The van der Waals surface area contributed by atoms with E-state index in [0.29, 0.717) is 5.69 Å². The maximum Gasteiger partial charge on any atom is 0.240 e. The van der Waals surface area contributed by atoms with Crippen LogP contribution in [-0.4, -0.2) is 26.7 Å². The summed E-state index contributed by atoms with van der Waals surface area (Å²) < 4.78 is 26.8. The monoisotopic (exact) mass is 284 g/mol. The number of benzene rings is 1. The molecule has 1 fully saturated rings. The van der Waals surface area contributed by atoms with Gasteiger partial charge in [-0.05, 0) is 37.1 Å². The van der Waals surface area contributed by atoms with Crippen LogP contribution in [0.2, 0.25) is 0 Å². The molecule has 106 valence electrons. The molecule has 0 aromatic heterocycles. The Labute approximate surface area is 113 Å². The van der Waals surface area contributed by atoms with E-state index >= 15 is 0 Å². The summed E-state index contributed by atoms with van der Waals surface area (Å²) >= 11 is 0. The van der Waals surface area contributed by atoms with E-state index in [2.05, 4.69) is 4.72 Å². The third kappa shape index (κ3) is 3.26. The van der Waals surface area contributed by atoms with Gasteiger partial charge in [0.05, 0.1) is 4.90 Å². The van der Waals surface area contributed by atoms with Gasteiger partial charge >= 0.3 is 0 Å². The Balaban J connectivity index is 2.07. The lowest BCUT2D eigenvalue weighted by Gasteiger charge is -2.26. The van der Waals surface area contributed by atoms with E-state index in [1.165, 1.54) is 12.1 Å². The fraction of sp³-hybridized carbons (Fsp3) is 0.538. The molecule has 0 aliphatic heterocycles. The quantitative estimate of drug-likeness (QED) is 0.706. The average molecular weight is 284 g/mol. The number of nitrogens with one attached hydrogen (secondary N) is 1. The molecule has 0 amide bonds. The fourth-order valence-electron chi connectivity index (χ4n) is 2.49. The SMILES string of the molecule is Nc1ccc(S(=O)(=O)NCC2(CO)CCCC2)cc1. The van der Waals surface area contributed by atoms with Crippen LogP contribution in [0.4, 0.5) is 5.69 Å². The number of hydrogen-bond acceptors (Lipinski definition) is 4. The van der Waals surface area contributed by atoms with Gasteiger partial charge in [0, 0.05) is 24.3 Å². The number of nitrogen functional groups attached to an aromatic ring is 1. The molecule has 5 nitrogen and oxygen atoms in total. The molecule has 0 atom stereocenters. The Morgan fingerprint density at radius 1 is 1.21 bits per heavy atom. The minimum absolute atomic E-state index is 0.0251. The summed E-state index contributed by atoms with van der Waals surface area (Å²) in [5.74, 6) is 0. The maximum atomic E-state index is 12.1. The normalized spacial score (nSPS) is 18.6. The molecular weight excluding hydrogens is 264 g/mol. The molecule has 0 radical (unpaired) electrons. The smallest absolute Gasteiger partial charge is 0.240 e. The third-order valence-corrected chi connectivity index (χ3v) is 5.24. The van der Waals surface area contributed by atoms with Crippen molar-refractivity contribution in [3.8, 4) is 0 Å². The largest absolute Gasteiger partial charge is 0.399 e. The number of sulfonamides is 1. The third-order valence-electron chi connectivity index (χ3n) is 3.83. The molecule has 1 aliphatic rings. The number of rotatable bonds is 5. The Morgan fingerprint density at radius 3 is 2.32 bits per heavy atom. The van der Waals surface area contributed by atoms with Crippen LogP contribution in [0, 0.1) is 5.41 Å². The highest BCUT2D eigenvalue weighted by Gasteiger charge is 2.34. The van der Waals surface area contributed by atoms with Crippen LogP contribution in [0.25, 0.3) is 0 Å². The number of nitrogens with two attached hydrogens (primary N) is 1. The zero-order valence-corrected chi connectivity index (χ0v) is 11.6. The van der Waals surface area contributed by atoms with Crippen LogP contribution in [0.1, 0.15) is 25.7 Å². The summed E-state index contributed by atoms with van der Waals surface area (Å²) in [7, 11) is -3.53. The molecule has 0 unspecified atom stereocenters. The predicted molar refractivity (Wildman–Crippen MR) is 74.0 cm³/mol. The van der Waals surface area contributed by atoms with Gasteiger partial charge in [0.25, 0.3) is 0 Å². The van der Waals surface area contributed by atoms with Gasteiger partial charge in [-0.15, -0.1) is 0 Å². The molecule has 0 saturated heterocycles. The van der Waals surface area contributed by atoms with Gasteiger partial charge in [-0.3, -0.25) is 0 Å². The van der Waals surface area contributed by atoms with Crippen molar-refractivity contribution in [2.75, 3.05) is 18.9 Å². The molecule has 1 aromatic carbocycles. The summed E-state index contributed by atoms with van der Waals surface area (Å²) in [4.78, 5) is 0.202. The van der Waals surface area contributed by atoms with Crippen LogP contribution in [0.5, 0.6) is 0 Å². The highest BCUT2D eigenvalue weighted by molar-refractivity contribution is 7.89. The molecule has 2 rings (SSSR count). The summed E-state index contributed by atoms with van der Waals surface area (Å²) in [6.45, 7) is 0.313. The molecule has 0 spiro atoms. The van der Waals surface area contributed by atoms with Crippen molar-refractivity contribution in [3.05, 3.63) is 24.3 Å². The van der Waals surface area contributed by atoms with Gasteiger partial charge in [-0.2, -0.15) is 0 Å². The summed E-state index contributed by atoms with van der Waals surface area (Å²) in [6.07, 6.45) is 3.83. The van der Waals surface area contributed by atoms with E-state index in [1.54, 1.807) is 12.1 Å². The standard InChI is InChI=1S/C13H20N2O3S/c14-11-3-5-12(6-4-11)19(17,18)15-9-13(10-16)7-1-2-8-13/h3-6,15-16H,1-2,7-10,14H2. The van der Waals surface area contributed by atoms with E-state index in [-0.39, 0.29) is 23.5 Å². The van der Waals surface area contributed by atoms with Crippen LogP contribution in [0.3, 0.4) is 0 Å². The van der Waals surface area contributed by atoms with Crippen molar-refractivity contribution < 1.29 is 13.5 Å². The van der Waals surface area contributed by atoms with Crippen molar-refractivity contribution in [2.45, 2.75) is 30.6 Å². The molecule has 0 heterocycles. The van der Waals surface area contributed by atoms with Crippen molar-refractivity contribution in [1.82, 2.24) is 4.72 Å². The molecule has 6 heteroatoms. The van der Waals surface area contributed by atoms with E-state index in [1.807, 2.05) is 0 Å². The van der Waals surface area contributed by atoms with Crippen LogP contribution < -0.4 is 10.5 Å². The second kappa shape index (κ2) is 5.48. The number of aliphatic hydroxyl groups is 1. The van der Waals surface area contributed by atoms with Gasteiger partial charge in [0.2, 0.25) is 10.0 Å². The molecule has 1 aliphatic carbocycles. The number of hydrogen-bond donors (Lipinski definition) is 3. The van der Waals surface area contributed by atoms with Crippen molar-refractivity contribution in [3.63, 3.8) is 0 Å². The maximum absolute atomic E-state index is 12.1. The predicted octanol–water partition coefficient (Wildman–Crippen LogP) is 1.10. The zero-order valence-electron chi connectivity index (χ0n) is 10.8. The van der Waals surface area contributed by atoms with Crippen molar-refractivity contribution in [1.29, 1.82) is 0 Å². The lowest BCUT2D eigenvalue weighted by atomic mass is 9.88. The summed E-state index contributed by atoms with van der Waals surface area (Å²) in [5.41, 5.74) is 5.78. The van der Waals surface area contributed by atoms with Gasteiger partial charge in [-0.25, -0.2) is 13.1 Å². The minimum atomic E-state index is -3.53. The van der Waals surface area contributed by atoms with Crippen molar-refractivity contribution >= 4 is 15.7 Å². The molecule has 1 aromatic rings. The van der Waals surface area contributed by atoms with Crippen LogP contribution in [0.15, 0.2) is 29.2 Å². The second-order valence-corrected chi connectivity index (χ2v) is 7.03. The highest BCUT2D eigenvalue weighted by Crippen LogP contribution is 2.37. The summed E-state index contributed by atoms with van der Waals surface area (Å²) in [5, 5.41) is 9.47. The topological polar surface area (TPSA) is 92.4 Å². The van der Waals surface area contributed by atoms with E-state index in [9.17, 15) is 13.5 Å². The lowest BCUT2D eigenvalue weighted by Crippen LogP contribution is -2.38. The first-order chi connectivity index (χ1) is 8.97. The Morgan fingerprint density at radius 2 is 1.79 bits per heavy atom. The zero-order chi connectivity index (χ0) is 13.9. The first kappa shape index (κ1) is 14.3. The Kier molecular flexibility index (Phi) is 4.13. The first-order valence-electron chi connectivity index (χ1n) is 6.44. The average Bonchev–Trinajstić information content (AvgIpc) is 2.87. The van der Waals surface area contributed by atoms with Crippen LogP contribution >= 0.6 is 0 Å². The molecule has 0 bridgehead atoms. The lowest BCUT2D eigenvalue weighted by molar-refractivity contribution is 0.134. The van der Waals surface area contributed by atoms with Crippen LogP contribution in [-0.2, 0) is 10.0 Å². The number of anilines is 1. The molecule has 19 heavy (non-hydrogen) atoms. The van der Waals surface area contributed by atoms with Gasteiger partial charge in [0.1, 0.15) is 0 Å². The molecule has 1 saturated carbocycles. The molecule has 4 N–H and O–H groups in total. The highest BCUT2D eigenvalue weighted by atomic mass is 32.2. The first-order valence-corrected chi connectivity index (χ1v) is 7.92. The Hall–Kier alpha value is -1.11. The van der Waals surface area contributed by atoms with E-state index in [0.717, 1.165) is 25.7 Å². The Bertz CT molecular complexity index is 519. The van der Waals surface area contributed by atoms with Gasteiger partial charge in [-0.1, -0.05) is 12.8 Å². The second-order valence-electron chi connectivity index (χ2n) is 5.26. The number of aliphatic hydroxyl groups excluding tert-OH is 1. The van der Waals surface area contributed by atoms with E-state index in [4.69, 9.17) is 5.73 Å². The van der Waals surface area contributed by atoms with Gasteiger partial charge < -0.3 is 10.8 Å². The van der Waals surface area contributed by atoms with Crippen molar-refractivity contribution in [2.24, 2.45) is 5.41 Å².